The normalized spacial score (nSPS) is 11.7. The van der Waals surface area contributed by atoms with Gasteiger partial charge in [0.1, 0.15) is 6.04 Å². The molecule has 0 amide bonds. The number of nitrogen functional groups attached to an aromatic ring is 1. The second-order valence-electron chi connectivity index (χ2n) is 3.73. The fraction of sp³-hybridized carbons (Fsp3) is 0.308. The van der Waals surface area contributed by atoms with Gasteiger partial charge in [0, 0.05) is 29.2 Å². The topological polar surface area (TPSA) is 105 Å². The highest BCUT2D eigenvalue weighted by molar-refractivity contribution is 5.94. The van der Waals surface area contributed by atoms with Gasteiger partial charge in [0.25, 0.3) is 0 Å². The first-order valence-electron chi connectivity index (χ1n) is 5.92. The number of nitrogens with two attached hydrogens (primary N) is 2. The second kappa shape index (κ2) is 6.07. The summed E-state index contributed by atoms with van der Waals surface area (Å²) in [6, 6.07) is 4.61. The number of hydrogen-bond acceptors (Lipinski definition) is 3. The van der Waals surface area contributed by atoms with Crippen molar-refractivity contribution in [1.82, 2.24) is 4.98 Å². The molecule has 2 rings (SSSR count). The van der Waals surface area contributed by atoms with E-state index >= 15 is 0 Å². The molecular weight excluding hydrogens is 230 g/mol. The molecule has 0 saturated heterocycles. The number of rotatable bonds is 3. The monoisotopic (exact) mass is 249 g/mol. The van der Waals surface area contributed by atoms with Gasteiger partial charge in [-0.15, -0.1) is 0 Å². The van der Waals surface area contributed by atoms with Gasteiger partial charge in [0.05, 0.1) is 0 Å². The highest BCUT2D eigenvalue weighted by Crippen LogP contribution is 2.25. The molecule has 0 aliphatic carbocycles. The number of anilines is 1. The van der Waals surface area contributed by atoms with Crippen LogP contribution in [0.25, 0.3) is 10.9 Å². The summed E-state index contributed by atoms with van der Waals surface area (Å²) in [5.74, 6) is -1.01. The average Bonchev–Trinajstić information content (AvgIpc) is 2.76. The zero-order chi connectivity index (χ0) is 13.7. The van der Waals surface area contributed by atoms with Crippen LogP contribution in [0.3, 0.4) is 0 Å². The van der Waals surface area contributed by atoms with E-state index < -0.39 is 12.0 Å². The Bertz CT molecular complexity index is 534. The SMILES string of the molecule is CC.Nc1cccc2[nH]cc(CC(N)C(=O)O)c12. The molecule has 1 aromatic heterocycles. The Labute approximate surface area is 106 Å². The van der Waals surface area contributed by atoms with E-state index in [0.717, 1.165) is 16.5 Å². The molecule has 0 aliphatic rings. The maximum absolute atomic E-state index is 10.7. The smallest absolute Gasteiger partial charge is 0.320 e. The van der Waals surface area contributed by atoms with Gasteiger partial charge in [-0.25, -0.2) is 0 Å². The number of fused-ring (bicyclic) bond motifs is 1. The van der Waals surface area contributed by atoms with Crippen LogP contribution in [0, 0.1) is 0 Å². The Kier molecular flexibility index (Phi) is 4.74. The number of benzene rings is 1. The molecule has 98 valence electrons. The van der Waals surface area contributed by atoms with Crippen molar-refractivity contribution in [2.45, 2.75) is 26.3 Å². The summed E-state index contributed by atoms with van der Waals surface area (Å²) in [7, 11) is 0. The van der Waals surface area contributed by atoms with Crippen molar-refractivity contribution in [3.63, 3.8) is 0 Å². The minimum Gasteiger partial charge on any atom is -0.480 e. The number of carbonyl (C=O) groups is 1. The number of aliphatic carboxylic acids is 1. The van der Waals surface area contributed by atoms with Crippen molar-refractivity contribution in [3.05, 3.63) is 30.0 Å². The largest absolute Gasteiger partial charge is 0.480 e. The van der Waals surface area contributed by atoms with Crippen LogP contribution in [0.1, 0.15) is 19.4 Å². The zero-order valence-electron chi connectivity index (χ0n) is 10.6. The van der Waals surface area contributed by atoms with Crippen LogP contribution in [0.2, 0.25) is 0 Å². The molecule has 0 bridgehead atoms. The third kappa shape index (κ3) is 2.81. The predicted octanol–water partition coefficient (Wildman–Crippen LogP) is 1.73. The first-order chi connectivity index (χ1) is 8.59. The minimum absolute atomic E-state index is 0.267. The summed E-state index contributed by atoms with van der Waals surface area (Å²) >= 11 is 0. The Morgan fingerprint density at radius 2 is 2.11 bits per heavy atom. The highest BCUT2D eigenvalue weighted by atomic mass is 16.4. The number of hydrogen-bond donors (Lipinski definition) is 4. The molecule has 5 nitrogen and oxygen atoms in total. The maximum Gasteiger partial charge on any atom is 0.320 e. The van der Waals surface area contributed by atoms with Crippen molar-refractivity contribution in [3.8, 4) is 0 Å². The quantitative estimate of drug-likeness (QED) is 0.621. The Morgan fingerprint density at radius 3 is 2.72 bits per heavy atom. The first-order valence-corrected chi connectivity index (χ1v) is 5.92. The molecule has 6 N–H and O–H groups in total. The third-order valence-electron chi connectivity index (χ3n) is 2.58. The summed E-state index contributed by atoms with van der Waals surface area (Å²) in [6.45, 7) is 4.00. The summed E-state index contributed by atoms with van der Waals surface area (Å²) in [5.41, 5.74) is 13.7. The van der Waals surface area contributed by atoms with E-state index in [1.54, 1.807) is 12.3 Å². The fourth-order valence-corrected chi connectivity index (χ4v) is 1.77. The molecule has 0 saturated carbocycles. The Balaban J connectivity index is 0.000000771. The summed E-state index contributed by atoms with van der Waals surface area (Å²) in [5, 5.41) is 9.62. The molecule has 1 atom stereocenters. The van der Waals surface area contributed by atoms with Crippen LogP contribution in [-0.2, 0) is 11.2 Å². The van der Waals surface area contributed by atoms with Crippen LogP contribution in [0.5, 0.6) is 0 Å². The number of carboxylic acid groups (broad SMARTS) is 1. The average molecular weight is 249 g/mol. The minimum atomic E-state index is -1.01. The number of nitrogens with one attached hydrogen (secondary N) is 1. The zero-order valence-corrected chi connectivity index (χ0v) is 10.6. The number of aromatic nitrogens is 1. The van der Waals surface area contributed by atoms with Crippen molar-refractivity contribution in [1.29, 1.82) is 0 Å². The molecule has 1 heterocycles. The van der Waals surface area contributed by atoms with Gasteiger partial charge in [-0.1, -0.05) is 19.9 Å². The summed E-state index contributed by atoms with van der Waals surface area (Å²) in [6.07, 6.45) is 2.02. The molecule has 5 heteroatoms. The van der Waals surface area contributed by atoms with Crippen LogP contribution in [-0.4, -0.2) is 22.1 Å². The number of carboxylic acids is 1. The van der Waals surface area contributed by atoms with E-state index in [9.17, 15) is 4.79 Å². The molecule has 0 spiro atoms. The predicted molar refractivity (Wildman–Crippen MR) is 73.4 cm³/mol. The Hall–Kier alpha value is -2.01. The lowest BCUT2D eigenvalue weighted by Crippen LogP contribution is -2.32. The van der Waals surface area contributed by atoms with Gasteiger partial charge in [0.2, 0.25) is 0 Å². The van der Waals surface area contributed by atoms with Gasteiger partial charge in [0.15, 0.2) is 0 Å². The van der Waals surface area contributed by atoms with Gasteiger partial charge in [-0.2, -0.15) is 0 Å². The molecular formula is C13H19N3O2. The molecule has 0 fully saturated rings. The van der Waals surface area contributed by atoms with Crippen molar-refractivity contribution in [2.24, 2.45) is 5.73 Å². The van der Waals surface area contributed by atoms with Crippen LogP contribution in [0.15, 0.2) is 24.4 Å². The molecule has 0 aliphatic heterocycles. The molecule has 2 aromatic rings. The number of aromatic amines is 1. The molecule has 18 heavy (non-hydrogen) atoms. The van der Waals surface area contributed by atoms with Crippen LogP contribution < -0.4 is 11.5 Å². The van der Waals surface area contributed by atoms with Crippen molar-refractivity contribution in [2.75, 3.05) is 5.73 Å². The molecule has 0 radical (unpaired) electrons. The maximum atomic E-state index is 10.7. The third-order valence-corrected chi connectivity index (χ3v) is 2.58. The van der Waals surface area contributed by atoms with Gasteiger partial charge in [-0.05, 0) is 17.7 Å². The lowest BCUT2D eigenvalue weighted by molar-refractivity contribution is -0.138. The van der Waals surface area contributed by atoms with E-state index in [2.05, 4.69) is 4.98 Å². The van der Waals surface area contributed by atoms with Gasteiger partial charge in [-0.3, -0.25) is 4.79 Å². The lowest BCUT2D eigenvalue weighted by Gasteiger charge is -2.05. The molecule has 1 unspecified atom stereocenters. The van der Waals surface area contributed by atoms with Crippen molar-refractivity contribution < 1.29 is 9.90 Å². The van der Waals surface area contributed by atoms with E-state index in [1.807, 2.05) is 26.0 Å². The fourth-order valence-electron chi connectivity index (χ4n) is 1.77. The number of H-pyrrole nitrogens is 1. The molecule has 1 aromatic carbocycles. The highest BCUT2D eigenvalue weighted by Gasteiger charge is 2.15. The summed E-state index contributed by atoms with van der Waals surface area (Å²) in [4.78, 5) is 13.7. The summed E-state index contributed by atoms with van der Waals surface area (Å²) < 4.78 is 0. The standard InChI is InChI=1S/C11H13N3O2.C2H6/c12-7-2-1-3-9-10(7)6(5-14-9)4-8(13)11(15)16;1-2/h1-3,5,8,14H,4,12-13H2,(H,15,16);1-2H3. The van der Waals surface area contributed by atoms with Gasteiger partial charge >= 0.3 is 5.97 Å². The van der Waals surface area contributed by atoms with E-state index in [-0.39, 0.29) is 6.42 Å². The van der Waals surface area contributed by atoms with Crippen LogP contribution in [0.4, 0.5) is 5.69 Å². The van der Waals surface area contributed by atoms with Gasteiger partial charge < -0.3 is 21.6 Å². The van der Waals surface area contributed by atoms with E-state index in [1.165, 1.54) is 0 Å². The van der Waals surface area contributed by atoms with Crippen LogP contribution >= 0.6 is 0 Å². The first kappa shape index (κ1) is 14.1. The van der Waals surface area contributed by atoms with E-state index in [0.29, 0.717) is 5.69 Å². The Morgan fingerprint density at radius 1 is 1.44 bits per heavy atom. The second-order valence-corrected chi connectivity index (χ2v) is 3.73. The lowest BCUT2D eigenvalue weighted by atomic mass is 10.0. The van der Waals surface area contributed by atoms with Crippen molar-refractivity contribution >= 4 is 22.6 Å². The van der Waals surface area contributed by atoms with E-state index in [4.69, 9.17) is 16.6 Å².